The van der Waals surface area contributed by atoms with Crippen LogP contribution in [-0.2, 0) is 19.2 Å². The average molecular weight is 458 g/mol. The van der Waals surface area contributed by atoms with Crippen molar-refractivity contribution in [3.05, 3.63) is 0 Å². The van der Waals surface area contributed by atoms with Crippen LogP contribution in [0.15, 0.2) is 4.99 Å². The number of hydrogen-bond acceptors (Lipinski definition) is 7. The number of nitrogens with one attached hydrogen (secondary N) is 2. The molecule has 0 radical (unpaired) electrons. The van der Waals surface area contributed by atoms with Crippen molar-refractivity contribution in [1.82, 2.24) is 15.5 Å². The van der Waals surface area contributed by atoms with Crippen LogP contribution in [0.1, 0.15) is 39.5 Å². The summed E-state index contributed by atoms with van der Waals surface area (Å²) in [6.07, 6.45) is 1.46. The van der Waals surface area contributed by atoms with Gasteiger partial charge in [-0.2, -0.15) is 0 Å². The van der Waals surface area contributed by atoms with E-state index in [4.69, 9.17) is 27.4 Å². The third kappa shape index (κ3) is 7.96. The van der Waals surface area contributed by atoms with Gasteiger partial charge in [0.25, 0.3) is 0 Å². The van der Waals surface area contributed by atoms with E-state index in [1.165, 1.54) is 4.90 Å². The Morgan fingerprint density at radius 3 is 2.34 bits per heavy atom. The van der Waals surface area contributed by atoms with E-state index in [9.17, 15) is 19.2 Å². The first kappa shape index (κ1) is 27.1. The molecule has 0 spiro atoms. The zero-order valence-corrected chi connectivity index (χ0v) is 18.5. The van der Waals surface area contributed by atoms with Crippen LogP contribution in [0.3, 0.4) is 0 Å². The highest BCUT2D eigenvalue weighted by Crippen LogP contribution is 2.20. The van der Waals surface area contributed by atoms with Crippen molar-refractivity contribution >= 4 is 29.7 Å². The number of nitrogens with zero attached hydrogens (tertiary/aromatic N) is 2. The zero-order chi connectivity index (χ0) is 24.4. The Kier molecular flexibility index (Phi) is 10.9. The summed E-state index contributed by atoms with van der Waals surface area (Å²) < 4.78 is 0. The number of aliphatic hydroxyl groups excluding tert-OH is 1. The standard InChI is InChI=1S/C19H35N7O6/c1-10(2)14(20)17(30)26-8-4-6-13(26)16(29)24-11(5-3-7-23-19(21)22)15(28)25-12(9-27)18(31)32/h10-14,27H,3-9,20H2,1-2H3,(H,24,29)(H,25,28)(H,31,32)(H4,21,22,23). The van der Waals surface area contributed by atoms with E-state index in [-0.39, 0.29) is 30.8 Å². The van der Waals surface area contributed by atoms with E-state index in [2.05, 4.69) is 15.6 Å². The molecule has 0 aliphatic carbocycles. The smallest absolute Gasteiger partial charge is 0.328 e. The molecule has 1 aliphatic heterocycles. The monoisotopic (exact) mass is 457 g/mol. The Bertz CT molecular complexity index is 710. The molecule has 0 saturated carbocycles. The predicted octanol–water partition coefficient (Wildman–Crippen LogP) is -2.94. The van der Waals surface area contributed by atoms with Crippen molar-refractivity contribution in [2.24, 2.45) is 28.1 Å². The number of aliphatic hydroxyl groups is 1. The predicted molar refractivity (Wildman–Crippen MR) is 116 cm³/mol. The van der Waals surface area contributed by atoms with Gasteiger partial charge in [0.15, 0.2) is 5.96 Å². The first-order chi connectivity index (χ1) is 15.0. The van der Waals surface area contributed by atoms with E-state index in [1.807, 2.05) is 13.8 Å². The summed E-state index contributed by atoms with van der Waals surface area (Å²) in [5, 5.41) is 23.0. The Hall–Kier alpha value is -2.93. The fourth-order valence-electron chi connectivity index (χ4n) is 3.28. The molecule has 32 heavy (non-hydrogen) atoms. The minimum atomic E-state index is -1.52. The van der Waals surface area contributed by atoms with Gasteiger partial charge in [0.05, 0.1) is 12.6 Å². The van der Waals surface area contributed by atoms with Crippen LogP contribution < -0.4 is 27.8 Å². The van der Waals surface area contributed by atoms with E-state index in [0.29, 0.717) is 25.8 Å². The highest BCUT2D eigenvalue weighted by atomic mass is 16.4. The van der Waals surface area contributed by atoms with Gasteiger partial charge < -0.3 is 42.9 Å². The molecule has 10 N–H and O–H groups in total. The van der Waals surface area contributed by atoms with Crippen LogP contribution >= 0.6 is 0 Å². The first-order valence-corrected chi connectivity index (χ1v) is 10.5. The van der Waals surface area contributed by atoms with Crippen molar-refractivity contribution in [2.45, 2.75) is 63.7 Å². The lowest BCUT2D eigenvalue weighted by molar-refractivity contribution is -0.144. The molecular formula is C19H35N7O6. The third-order valence-corrected chi connectivity index (χ3v) is 5.22. The molecule has 1 rings (SSSR count). The summed E-state index contributed by atoms with van der Waals surface area (Å²) >= 11 is 0. The van der Waals surface area contributed by atoms with Crippen molar-refractivity contribution in [3.63, 3.8) is 0 Å². The lowest BCUT2D eigenvalue weighted by atomic mass is 10.0. The van der Waals surface area contributed by atoms with Gasteiger partial charge in [-0.25, -0.2) is 4.79 Å². The number of guanidine groups is 1. The summed E-state index contributed by atoms with van der Waals surface area (Å²) in [5.74, 6) is -3.29. The van der Waals surface area contributed by atoms with Crippen LogP contribution in [0, 0.1) is 5.92 Å². The van der Waals surface area contributed by atoms with Gasteiger partial charge in [-0.15, -0.1) is 0 Å². The number of nitrogens with two attached hydrogens (primary N) is 3. The third-order valence-electron chi connectivity index (χ3n) is 5.22. The van der Waals surface area contributed by atoms with E-state index < -0.39 is 48.6 Å². The van der Waals surface area contributed by atoms with Crippen molar-refractivity contribution in [2.75, 3.05) is 19.7 Å². The number of aliphatic carboxylic acids is 1. The molecule has 13 nitrogen and oxygen atoms in total. The number of rotatable bonds is 12. The normalized spacial score (nSPS) is 18.5. The molecule has 0 aromatic heterocycles. The maximum atomic E-state index is 12.9. The van der Waals surface area contributed by atoms with Gasteiger partial charge in [-0.05, 0) is 31.6 Å². The van der Waals surface area contributed by atoms with Crippen molar-refractivity contribution < 1.29 is 29.4 Å². The number of hydrogen-bond donors (Lipinski definition) is 7. The van der Waals surface area contributed by atoms with E-state index >= 15 is 0 Å². The quantitative estimate of drug-likeness (QED) is 0.0902. The number of amides is 3. The fraction of sp³-hybridized carbons (Fsp3) is 0.737. The molecule has 0 aromatic rings. The Labute approximate surface area is 186 Å². The molecule has 1 aliphatic rings. The number of carbonyl (C=O) groups is 4. The molecule has 3 amide bonds. The first-order valence-electron chi connectivity index (χ1n) is 10.5. The van der Waals surface area contributed by atoms with E-state index in [1.54, 1.807) is 0 Å². The average Bonchev–Trinajstić information content (AvgIpc) is 3.22. The number of carboxylic acids is 1. The lowest BCUT2D eigenvalue weighted by Gasteiger charge is -2.29. The van der Waals surface area contributed by atoms with Crippen LogP contribution in [0.25, 0.3) is 0 Å². The fourth-order valence-corrected chi connectivity index (χ4v) is 3.28. The minimum Gasteiger partial charge on any atom is -0.480 e. The minimum absolute atomic E-state index is 0.104. The zero-order valence-electron chi connectivity index (χ0n) is 18.5. The van der Waals surface area contributed by atoms with Gasteiger partial charge in [-0.1, -0.05) is 13.8 Å². The topological polar surface area (TPSA) is 226 Å². The van der Waals surface area contributed by atoms with Gasteiger partial charge in [-0.3, -0.25) is 19.4 Å². The number of carbonyl (C=O) groups excluding carboxylic acids is 3. The van der Waals surface area contributed by atoms with Crippen LogP contribution in [0.2, 0.25) is 0 Å². The van der Waals surface area contributed by atoms with E-state index in [0.717, 1.165) is 0 Å². The van der Waals surface area contributed by atoms with Crippen LogP contribution in [0.4, 0.5) is 0 Å². The number of carboxylic acid groups (broad SMARTS) is 1. The molecular weight excluding hydrogens is 422 g/mol. The molecule has 13 heteroatoms. The van der Waals surface area contributed by atoms with Crippen molar-refractivity contribution in [3.8, 4) is 0 Å². The molecule has 182 valence electrons. The second kappa shape index (κ2) is 12.8. The molecule has 1 saturated heterocycles. The highest BCUT2D eigenvalue weighted by Gasteiger charge is 2.38. The van der Waals surface area contributed by atoms with Crippen molar-refractivity contribution in [1.29, 1.82) is 0 Å². The Morgan fingerprint density at radius 1 is 1.16 bits per heavy atom. The molecule has 0 bridgehead atoms. The SMILES string of the molecule is CC(C)C(N)C(=O)N1CCCC1C(=O)NC(CCCN=C(N)N)C(=O)NC(CO)C(=O)O. The Morgan fingerprint density at radius 2 is 1.81 bits per heavy atom. The molecule has 4 atom stereocenters. The molecule has 4 unspecified atom stereocenters. The second-order valence-corrected chi connectivity index (χ2v) is 8.05. The van der Waals surface area contributed by atoms with Gasteiger partial charge in [0, 0.05) is 13.1 Å². The summed E-state index contributed by atoms with van der Waals surface area (Å²) in [4.78, 5) is 54.6. The highest BCUT2D eigenvalue weighted by molar-refractivity contribution is 5.94. The summed E-state index contributed by atoms with van der Waals surface area (Å²) in [6.45, 7) is 3.38. The molecule has 1 fully saturated rings. The van der Waals surface area contributed by atoms with Gasteiger partial charge in [0.1, 0.15) is 18.1 Å². The summed E-state index contributed by atoms with van der Waals surface area (Å²) in [7, 11) is 0. The van der Waals surface area contributed by atoms with Gasteiger partial charge in [0.2, 0.25) is 17.7 Å². The number of likely N-dealkylation sites (tertiary alicyclic amines) is 1. The largest absolute Gasteiger partial charge is 0.480 e. The Balaban J connectivity index is 2.92. The molecule has 1 heterocycles. The summed E-state index contributed by atoms with van der Waals surface area (Å²) in [5.41, 5.74) is 16.5. The number of aliphatic imine (C=N–C) groups is 1. The van der Waals surface area contributed by atoms with Gasteiger partial charge >= 0.3 is 5.97 Å². The maximum absolute atomic E-state index is 12.9. The maximum Gasteiger partial charge on any atom is 0.328 e. The second-order valence-electron chi connectivity index (χ2n) is 8.05. The van der Waals surface area contributed by atoms with Crippen LogP contribution in [0.5, 0.6) is 0 Å². The van der Waals surface area contributed by atoms with Crippen LogP contribution in [-0.4, -0.2) is 88.6 Å². The molecule has 0 aromatic carbocycles. The lowest BCUT2D eigenvalue weighted by Crippen LogP contribution is -2.57. The summed E-state index contributed by atoms with van der Waals surface area (Å²) in [6, 6.07) is -4.16.